The number of carbonyl (C=O) groups is 1. The molecular formula is C16H23ClN2O3. The van der Waals surface area contributed by atoms with Gasteiger partial charge in [-0.25, -0.2) is 0 Å². The van der Waals surface area contributed by atoms with Gasteiger partial charge in [-0.3, -0.25) is 5.01 Å². The fourth-order valence-corrected chi connectivity index (χ4v) is 2.11. The molecule has 0 spiro atoms. The van der Waals surface area contributed by atoms with Gasteiger partial charge in [0.05, 0.1) is 25.3 Å². The highest BCUT2D eigenvalue weighted by atomic mass is 35.5. The molecule has 5 nitrogen and oxygen atoms in total. The van der Waals surface area contributed by atoms with Crippen molar-refractivity contribution in [1.29, 1.82) is 0 Å². The fraction of sp³-hybridized carbons (Fsp3) is 0.500. The molecule has 0 N–H and O–H groups in total. The van der Waals surface area contributed by atoms with Gasteiger partial charge in [0.2, 0.25) is 0 Å². The van der Waals surface area contributed by atoms with Gasteiger partial charge < -0.3 is 14.3 Å². The molecule has 0 saturated carbocycles. The van der Waals surface area contributed by atoms with E-state index in [1.54, 1.807) is 7.11 Å². The first-order valence-electron chi connectivity index (χ1n) is 7.25. The van der Waals surface area contributed by atoms with Crippen LogP contribution in [0, 0.1) is 0 Å². The number of halogens is 1. The first kappa shape index (κ1) is 18.3. The molecule has 1 aliphatic rings. The number of methoxy groups -OCH3 is 1. The van der Waals surface area contributed by atoms with Crippen LogP contribution in [-0.2, 0) is 4.79 Å². The third kappa shape index (κ3) is 5.56. The summed E-state index contributed by atoms with van der Waals surface area (Å²) in [5.74, 6) is 1.67. The molecular weight excluding hydrogens is 304 g/mol. The van der Waals surface area contributed by atoms with Crippen molar-refractivity contribution in [2.75, 3.05) is 33.2 Å². The number of hydrazone groups is 1. The Balaban J connectivity index is 0.000000541. The average molecular weight is 327 g/mol. The Hall–Kier alpha value is -1.75. The number of alkyl halides is 1. The number of carbonyl (C=O) groups excluding carboxylic acids is 1. The van der Waals surface area contributed by atoms with E-state index in [-0.39, 0.29) is 5.88 Å². The third-order valence-electron chi connectivity index (χ3n) is 3.05. The maximum atomic E-state index is 9.04. The van der Waals surface area contributed by atoms with E-state index in [1.807, 2.05) is 37.2 Å². The first-order valence-corrected chi connectivity index (χ1v) is 7.79. The molecule has 0 fully saturated rings. The van der Waals surface area contributed by atoms with Crippen LogP contribution in [0.25, 0.3) is 0 Å². The zero-order chi connectivity index (χ0) is 16.4. The second kappa shape index (κ2) is 10.1. The van der Waals surface area contributed by atoms with Gasteiger partial charge >= 0.3 is 0 Å². The Morgan fingerprint density at radius 2 is 2.14 bits per heavy atom. The molecule has 6 heteroatoms. The van der Waals surface area contributed by atoms with Crippen molar-refractivity contribution >= 4 is 23.6 Å². The van der Waals surface area contributed by atoms with Gasteiger partial charge in [-0.2, -0.15) is 5.10 Å². The van der Waals surface area contributed by atoms with Crippen LogP contribution >= 0.6 is 11.6 Å². The van der Waals surface area contributed by atoms with E-state index in [4.69, 9.17) is 25.9 Å². The summed E-state index contributed by atoms with van der Waals surface area (Å²) < 4.78 is 10.9. The molecule has 0 aromatic heterocycles. The lowest BCUT2D eigenvalue weighted by atomic mass is 10.0. The lowest BCUT2D eigenvalue weighted by molar-refractivity contribution is -0.105. The molecule has 1 aromatic carbocycles. The van der Waals surface area contributed by atoms with Crippen LogP contribution in [0.4, 0.5) is 0 Å². The molecule has 22 heavy (non-hydrogen) atoms. The van der Waals surface area contributed by atoms with E-state index in [2.05, 4.69) is 5.10 Å². The number of hydrogen-bond donors (Lipinski definition) is 0. The highest BCUT2D eigenvalue weighted by molar-refractivity contribution is 6.24. The summed E-state index contributed by atoms with van der Waals surface area (Å²) in [5.41, 5.74) is 2.23. The van der Waals surface area contributed by atoms with Gasteiger partial charge in [-0.05, 0) is 38.0 Å². The largest absolute Gasteiger partial charge is 0.493 e. The summed E-state index contributed by atoms with van der Waals surface area (Å²) in [6.07, 6.45) is 2.80. The topological polar surface area (TPSA) is 51.1 Å². The summed E-state index contributed by atoms with van der Waals surface area (Å²) in [6, 6.07) is 6.00. The zero-order valence-corrected chi connectivity index (χ0v) is 14.1. The van der Waals surface area contributed by atoms with Gasteiger partial charge in [0, 0.05) is 19.2 Å². The Morgan fingerprint density at radius 3 is 2.68 bits per heavy atom. The van der Waals surface area contributed by atoms with Crippen LogP contribution in [0.1, 0.15) is 25.3 Å². The van der Waals surface area contributed by atoms with Crippen LogP contribution in [0.2, 0.25) is 0 Å². The minimum absolute atomic E-state index is 0.111. The van der Waals surface area contributed by atoms with E-state index < -0.39 is 0 Å². The predicted octanol–water partition coefficient (Wildman–Crippen LogP) is 2.95. The molecule has 1 heterocycles. The quantitative estimate of drug-likeness (QED) is 0.616. The second-order valence-corrected chi connectivity index (χ2v) is 4.96. The standard InChI is InChI=1S/C14H20N2O2.C2H3ClO/c1-4-18-14-10-11(7-8-13(14)17-3)12-6-5-9-16(2)15-12;3-1-2-4/h7-8,10H,4-6,9H2,1-3H3;2H,1H2. The lowest BCUT2D eigenvalue weighted by Gasteiger charge is -2.21. The molecule has 2 rings (SSSR count). The van der Waals surface area contributed by atoms with E-state index >= 15 is 0 Å². The molecule has 0 saturated heterocycles. The Bertz CT molecular complexity index is 506. The smallest absolute Gasteiger partial charge is 0.161 e. The van der Waals surface area contributed by atoms with Gasteiger partial charge in [0.1, 0.15) is 6.29 Å². The molecule has 1 aromatic rings. The summed E-state index contributed by atoms with van der Waals surface area (Å²) in [4.78, 5) is 9.04. The van der Waals surface area contributed by atoms with Gasteiger partial charge in [-0.1, -0.05) is 0 Å². The molecule has 0 bridgehead atoms. The number of benzene rings is 1. The summed E-state index contributed by atoms with van der Waals surface area (Å²) >= 11 is 4.82. The number of rotatable bonds is 5. The maximum Gasteiger partial charge on any atom is 0.161 e. The van der Waals surface area contributed by atoms with E-state index in [9.17, 15) is 0 Å². The number of ether oxygens (including phenoxy) is 2. The molecule has 0 atom stereocenters. The maximum absolute atomic E-state index is 9.04. The highest BCUT2D eigenvalue weighted by Gasteiger charge is 2.13. The van der Waals surface area contributed by atoms with Crippen molar-refractivity contribution in [3.8, 4) is 11.5 Å². The van der Waals surface area contributed by atoms with Crippen molar-refractivity contribution < 1.29 is 14.3 Å². The third-order valence-corrected chi connectivity index (χ3v) is 3.17. The zero-order valence-electron chi connectivity index (χ0n) is 13.3. The fourth-order valence-electron chi connectivity index (χ4n) is 2.11. The van der Waals surface area contributed by atoms with Crippen molar-refractivity contribution in [2.24, 2.45) is 5.10 Å². The normalized spacial score (nSPS) is 13.6. The molecule has 1 aliphatic heterocycles. The number of nitrogens with zero attached hydrogens (tertiary/aromatic N) is 2. The second-order valence-electron chi connectivity index (χ2n) is 4.65. The summed E-state index contributed by atoms with van der Waals surface area (Å²) in [7, 11) is 3.66. The molecule has 0 radical (unpaired) electrons. The lowest BCUT2D eigenvalue weighted by Crippen LogP contribution is -2.22. The summed E-state index contributed by atoms with van der Waals surface area (Å²) in [6.45, 7) is 3.63. The molecule has 0 amide bonds. The minimum atomic E-state index is 0.111. The molecule has 122 valence electrons. The molecule has 0 unspecified atom stereocenters. The van der Waals surface area contributed by atoms with Crippen molar-refractivity contribution in [1.82, 2.24) is 5.01 Å². The number of aldehydes is 1. The van der Waals surface area contributed by atoms with Crippen LogP contribution in [0.15, 0.2) is 23.3 Å². The number of hydrogen-bond acceptors (Lipinski definition) is 5. The van der Waals surface area contributed by atoms with Crippen LogP contribution in [-0.4, -0.2) is 50.2 Å². The first-order chi connectivity index (χ1) is 10.7. The SMILES string of the molecule is CCOc1cc(C2=NN(C)CCC2)ccc1OC.O=CCCl. The van der Waals surface area contributed by atoms with Gasteiger partial charge in [0.15, 0.2) is 11.5 Å². The molecule has 0 aliphatic carbocycles. The Labute approximate surface area is 136 Å². The Kier molecular flexibility index (Phi) is 8.36. The predicted molar refractivity (Wildman–Crippen MR) is 89.3 cm³/mol. The van der Waals surface area contributed by atoms with Gasteiger partial charge in [-0.15, -0.1) is 11.6 Å². The highest BCUT2D eigenvalue weighted by Crippen LogP contribution is 2.29. The van der Waals surface area contributed by atoms with E-state index in [1.165, 1.54) is 0 Å². The van der Waals surface area contributed by atoms with Crippen LogP contribution < -0.4 is 9.47 Å². The average Bonchev–Trinajstić information content (AvgIpc) is 2.55. The van der Waals surface area contributed by atoms with Crippen molar-refractivity contribution in [3.63, 3.8) is 0 Å². The van der Waals surface area contributed by atoms with Gasteiger partial charge in [0.25, 0.3) is 0 Å². The van der Waals surface area contributed by atoms with Crippen LogP contribution in [0.5, 0.6) is 11.5 Å². The van der Waals surface area contributed by atoms with Crippen molar-refractivity contribution in [2.45, 2.75) is 19.8 Å². The van der Waals surface area contributed by atoms with E-state index in [0.717, 1.165) is 42.2 Å². The van der Waals surface area contributed by atoms with Crippen molar-refractivity contribution in [3.05, 3.63) is 23.8 Å². The monoisotopic (exact) mass is 326 g/mol. The Morgan fingerprint density at radius 1 is 1.41 bits per heavy atom. The minimum Gasteiger partial charge on any atom is -0.493 e. The van der Waals surface area contributed by atoms with Crippen LogP contribution in [0.3, 0.4) is 0 Å². The van der Waals surface area contributed by atoms with E-state index in [0.29, 0.717) is 12.9 Å². The summed E-state index contributed by atoms with van der Waals surface area (Å²) in [5, 5.41) is 6.55.